The summed E-state index contributed by atoms with van der Waals surface area (Å²) in [6, 6.07) is 21.7. The standard InChI is InChI=1S/C30H34ClN5O/c1-21(2)28(36(17-9-16-32)30(37)24-14-15-27(31)33-18-24)29-34-26(25-13-8-7-10-22(25)3)20-35(29)19-23-11-5-4-6-12-23/h4-8,10-15,18,20-21,28H,9,16-17,19,32H2,1-3H3/t28-/m1/s1. The van der Waals surface area contributed by atoms with Crippen LogP contribution in [0, 0.1) is 12.8 Å². The molecule has 0 saturated carbocycles. The Morgan fingerprint density at radius 1 is 1.05 bits per heavy atom. The van der Waals surface area contributed by atoms with Crippen LogP contribution in [0.2, 0.25) is 5.15 Å². The zero-order valence-electron chi connectivity index (χ0n) is 21.6. The lowest BCUT2D eigenvalue weighted by Crippen LogP contribution is -2.40. The van der Waals surface area contributed by atoms with Gasteiger partial charge in [-0.2, -0.15) is 0 Å². The van der Waals surface area contributed by atoms with Crippen LogP contribution in [0.5, 0.6) is 0 Å². The number of halogens is 1. The molecule has 0 bridgehead atoms. The van der Waals surface area contributed by atoms with Gasteiger partial charge in [0.1, 0.15) is 11.0 Å². The van der Waals surface area contributed by atoms with Crippen LogP contribution in [0.3, 0.4) is 0 Å². The van der Waals surface area contributed by atoms with Crippen molar-refractivity contribution in [3.63, 3.8) is 0 Å². The minimum absolute atomic E-state index is 0.101. The van der Waals surface area contributed by atoms with Crippen LogP contribution in [0.15, 0.2) is 79.1 Å². The number of aromatic nitrogens is 3. The molecule has 0 fully saturated rings. The number of amides is 1. The van der Waals surface area contributed by atoms with E-state index >= 15 is 0 Å². The van der Waals surface area contributed by atoms with Crippen LogP contribution in [-0.4, -0.2) is 38.4 Å². The van der Waals surface area contributed by atoms with E-state index in [9.17, 15) is 4.79 Å². The molecule has 1 atom stereocenters. The summed E-state index contributed by atoms with van der Waals surface area (Å²) in [6.45, 7) is 8.00. The third-order valence-electron chi connectivity index (χ3n) is 6.49. The van der Waals surface area contributed by atoms with Crippen LogP contribution in [-0.2, 0) is 6.54 Å². The first-order chi connectivity index (χ1) is 17.9. The molecule has 2 aromatic heterocycles. The molecule has 0 aliphatic heterocycles. The molecular formula is C30H34ClN5O. The van der Waals surface area contributed by atoms with Gasteiger partial charge in [0.2, 0.25) is 0 Å². The first-order valence-electron chi connectivity index (χ1n) is 12.7. The maximum Gasteiger partial charge on any atom is 0.256 e. The molecule has 0 saturated heterocycles. The van der Waals surface area contributed by atoms with Crippen molar-refractivity contribution < 1.29 is 4.79 Å². The highest BCUT2D eigenvalue weighted by atomic mass is 35.5. The number of nitrogens with two attached hydrogens (primary N) is 1. The lowest BCUT2D eigenvalue weighted by Gasteiger charge is -2.34. The van der Waals surface area contributed by atoms with Crippen LogP contribution in [0.4, 0.5) is 0 Å². The molecule has 2 heterocycles. The van der Waals surface area contributed by atoms with Crippen molar-refractivity contribution in [1.29, 1.82) is 0 Å². The number of imidazole rings is 1. The van der Waals surface area contributed by atoms with Crippen molar-refractivity contribution in [2.75, 3.05) is 13.1 Å². The molecule has 4 aromatic rings. The number of nitrogens with zero attached hydrogens (tertiary/aromatic N) is 4. The van der Waals surface area contributed by atoms with Gasteiger partial charge in [-0.1, -0.05) is 80.0 Å². The lowest BCUT2D eigenvalue weighted by molar-refractivity contribution is 0.0604. The monoisotopic (exact) mass is 515 g/mol. The molecule has 0 radical (unpaired) electrons. The smallest absolute Gasteiger partial charge is 0.256 e. The number of aryl methyl sites for hydroxylation is 1. The molecule has 192 valence electrons. The average molecular weight is 516 g/mol. The van der Waals surface area contributed by atoms with Gasteiger partial charge in [-0.15, -0.1) is 0 Å². The molecular weight excluding hydrogens is 482 g/mol. The number of carbonyl (C=O) groups is 1. The highest BCUT2D eigenvalue weighted by Crippen LogP contribution is 2.33. The Labute approximate surface area is 224 Å². The van der Waals surface area contributed by atoms with E-state index in [1.165, 1.54) is 11.8 Å². The van der Waals surface area contributed by atoms with Crippen molar-refractivity contribution >= 4 is 17.5 Å². The Morgan fingerprint density at radius 3 is 2.43 bits per heavy atom. The van der Waals surface area contributed by atoms with Crippen molar-refractivity contribution in [1.82, 2.24) is 19.4 Å². The molecule has 7 heteroatoms. The summed E-state index contributed by atoms with van der Waals surface area (Å²) < 4.78 is 2.19. The second-order valence-corrected chi connectivity index (χ2v) is 10.00. The summed E-state index contributed by atoms with van der Waals surface area (Å²) in [4.78, 5) is 25.1. The van der Waals surface area contributed by atoms with E-state index in [0.717, 1.165) is 22.6 Å². The van der Waals surface area contributed by atoms with E-state index in [2.05, 4.69) is 60.8 Å². The maximum atomic E-state index is 13.8. The predicted octanol–water partition coefficient (Wildman–Crippen LogP) is 6.14. The van der Waals surface area contributed by atoms with E-state index in [1.807, 2.05) is 35.2 Å². The summed E-state index contributed by atoms with van der Waals surface area (Å²) in [5.41, 5.74) is 10.7. The zero-order chi connectivity index (χ0) is 26.4. The number of carbonyl (C=O) groups excluding carboxylic acids is 1. The number of hydrogen-bond donors (Lipinski definition) is 1. The van der Waals surface area contributed by atoms with Gasteiger partial charge in [-0.25, -0.2) is 9.97 Å². The van der Waals surface area contributed by atoms with Crippen LogP contribution >= 0.6 is 11.6 Å². The Kier molecular flexibility index (Phi) is 8.74. The SMILES string of the molecule is Cc1ccccc1-c1cn(Cc2ccccc2)c([C@@H](C(C)C)N(CCCN)C(=O)c2ccc(Cl)nc2)n1. The van der Waals surface area contributed by atoms with E-state index in [1.54, 1.807) is 12.1 Å². The van der Waals surface area contributed by atoms with Crippen molar-refractivity contribution in [3.8, 4) is 11.3 Å². The minimum Gasteiger partial charge on any atom is -0.330 e. The fourth-order valence-corrected chi connectivity index (χ4v) is 4.77. The second-order valence-electron chi connectivity index (χ2n) is 9.61. The minimum atomic E-state index is -0.267. The van der Waals surface area contributed by atoms with Crippen molar-refractivity contribution in [2.45, 2.75) is 39.8 Å². The van der Waals surface area contributed by atoms with Gasteiger partial charge < -0.3 is 15.2 Å². The summed E-state index contributed by atoms with van der Waals surface area (Å²) >= 11 is 5.99. The molecule has 0 unspecified atom stereocenters. The number of benzene rings is 2. The van der Waals surface area contributed by atoms with Gasteiger partial charge in [-0.3, -0.25) is 4.79 Å². The molecule has 0 aliphatic rings. The molecule has 4 rings (SSSR count). The summed E-state index contributed by atoms with van der Waals surface area (Å²) in [6.07, 6.45) is 4.32. The molecule has 6 nitrogen and oxygen atoms in total. The molecule has 0 spiro atoms. The Bertz CT molecular complexity index is 1320. The van der Waals surface area contributed by atoms with Crippen LogP contribution in [0.25, 0.3) is 11.3 Å². The van der Waals surface area contributed by atoms with Gasteiger partial charge in [-0.05, 0) is 49.1 Å². The van der Waals surface area contributed by atoms with E-state index in [0.29, 0.717) is 36.8 Å². The summed E-state index contributed by atoms with van der Waals surface area (Å²) in [7, 11) is 0. The Morgan fingerprint density at radius 2 is 1.78 bits per heavy atom. The highest BCUT2D eigenvalue weighted by molar-refractivity contribution is 6.29. The van der Waals surface area contributed by atoms with Gasteiger partial charge >= 0.3 is 0 Å². The number of hydrogen-bond acceptors (Lipinski definition) is 4. The largest absolute Gasteiger partial charge is 0.330 e. The predicted molar refractivity (Wildman–Crippen MR) is 149 cm³/mol. The van der Waals surface area contributed by atoms with Crippen LogP contribution in [0.1, 0.15) is 53.6 Å². The Hall–Kier alpha value is -3.48. The first-order valence-corrected chi connectivity index (χ1v) is 13.1. The molecule has 2 N–H and O–H groups in total. The van der Waals surface area contributed by atoms with Gasteiger partial charge in [0.05, 0.1) is 17.3 Å². The van der Waals surface area contributed by atoms with Crippen molar-refractivity contribution in [3.05, 3.63) is 107 Å². The van der Waals surface area contributed by atoms with Crippen molar-refractivity contribution in [2.24, 2.45) is 11.7 Å². The zero-order valence-corrected chi connectivity index (χ0v) is 22.4. The lowest BCUT2D eigenvalue weighted by atomic mass is 9.99. The molecule has 1 amide bonds. The number of pyridine rings is 1. The third kappa shape index (κ3) is 6.27. The first kappa shape index (κ1) is 26.6. The third-order valence-corrected chi connectivity index (χ3v) is 6.72. The van der Waals surface area contributed by atoms with E-state index in [-0.39, 0.29) is 17.9 Å². The normalized spacial score (nSPS) is 12.1. The quantitative estimate of drug-likeness (QED) is 0.257. The fourth-order valence-electron chi connectivity index (χ4n) is 4.66. The summed E-state index contributed by atoms with van der Waals surface area (Å²) in [5.74, 6) is 0.844. The highest BCUT2D eigenvalue weighted by Gasteiger charge is 2.32. The second kappa shape index (κ2) is 12.2. The van der Waals surface area contributed by atoms with Gasteiger partial charge in [0, 0.05) is 31.0 Å². The van der Waals surface area contributed by atoms with Gasteiger partial charge in [0.15, 0.2) is 0 Å². The topological polar surface area (TPSA) is 77.0 Å². The molecule has 0 aliphatic carbocycles. The van der Waals surface area contributed by atoms with E-state index in [4.69, 9.17) is 22.3 Å². The average Bonchev–Trinajstić information content (AvgIpc) is 3.29. The maximum absolute atomic E-state index is 13.8. The van der Waals surface area contributed by atoms with Crippen LogP contribution < -0.4 is 5.73 Å². The Balaban J connectivity index is 1.83. The van der Waals surface area contributed by atoms with Gasteiger partial charge in [0.25, 0.3) is 5.91 Å². The number of rotatable bonds is 10. The fraction of sp³-hybridized carbons (Fsp3) is 0.300. The summed E-state index contributed by atoms with van der Waals surface area (Å²) in [5, 5.41) is 0.353. The van der Waals surface area contributed by atoms with E-state index < -0.39 is 0 Å². The molecule has 37 heavy (non-hydrogen) atoms. The molecule has 2 aromatic carbocycles.